The van der Waals surface area contributed by atoms with Gasteiger partial charge < -0.3 is 4.74 Å². The summed E-state index contributed by atoms with van der Waals surface area (Å²) in [6.07, 6.45) is 1.80. The third-order valence-electron chi connectivity index (χ3n) is 3.18. The number of halogens is 3. The molecule has 136 valence electrons. The molecule has 0 aromatic heterocycles. The second-order valence-corrected chi connectivity index (χ2v) is 6.04. The quantitative estimate of drug-likeness (QED) is 0.597. The molecule has 0 aliphatic heterocycles. The Labute approximate surface area is 159 Å². The molecule has 0 bridgehead atoms. The number of hydrogen-bond donors (Lipinski definition) is 2. The van der Waals surface area contributed by atoms with E-state index >= 15 is 0 Å². The van der Waals surface area contributed by atoms with Crippen molar-refractivity contribution in [2.24, 2.45) is 0 Å². The van der Waals surface area contributed by atoms with E-state index in [2.05, 4.69) is 10.9 Å². The number of amides is 2. The Bertz CT molecular complexity index is 826. The Morgan fingerprint density at radius 1 is 1.12 bits per heavy atom. The minimum absolute atomic E-state index is 0.331. The Morgan fingerprint density at radius 3 is 2.46 bits per heavy atom. The van der Waals surface area contributed by atoms with Crippen LogP contribution in [-0.2, 0) is 9.59 Å². The number of carbonyl (C=O) groups excluding carboxylic acids is 2. The smallest absolute Gasteiger partial charge is 0.279 e. The summed E-state index contributed by atoms with van der Waals surface area (Å²) in [6.45, 7) is 1.49. The van der Waals surface area contributed by atoms with Gasteiger partial charge in [0.25, 0.3) is 11.8 Å². The second kappa shape index (κ2) is 9.22. The third-order valence-corrected chi connectivity index (χ3v) is 3.74. The molecule has 0 heterocycles. The normalized spacial score (nSPS) is 11.8. The molecule has 2 amide bonds. The molecule has 2 aromatic rings. The maximum absolute atomic E-state index is 12.8. The summed E-state index contributed by atoms with van der Waals surface area (Å²) >= 11 is 11.8. The van der Waals surface area contributed by atoms with Gasteiger partial charge in [-0.3, -0.25) is 20.4 Å². The highest BCUT2D eigenvalue weighted by Gasteiger charge is 2.15. The molecule has 0 fully saturated rings. The minimum atomic E-state index is -0.893. The highest BCUT2D eigenvalue weighted by atomic mass is 35.5. The molecule has 0 saturated carbocycles. The molecule has 0 aliphatic rings. The van der Waals surface area contributed by atoms with Gasteiger partial charge in [0, 0.05) is 16.1 Å². The molecule has 8 heteroatoms. The van der Waals surface area contributed by atoms with Crippen molar-refractivity contribution in [3.05, 3.63) is 70.0 Å². The number of carbonyl (C=O) groups is 2. The van der Waals surface area contributed by atoms with Crippen molar-refractivity contribution in [2.45, 2.75) is 13.0 Å². The topological polar surface area (TPSA) is 67.4 Å². The predicted molar refractivity (Wildman–Crippen MR) is 98.3 cm³/mol. The lowest BCUT2D eigenvalue weighted by molar-refractivity contribution is -0.131. The molecule has 1 atom stereocenters. The van der Waals surface area contributed by atoms with Gasteiger partial charge in [0.15, 0.2) is 6.10 Å². The molecule has 0 saturated heterocycles. The van der Waals surface area contributed by atoms with Crippen molar-refractivity contribution in [1.29, 1.82) is 0 Å². The number of hydrogen-bond acceptors (Lipinski definition) is 3. The lowest BCUT2D eigenvalue weighted by Gasteiger charge is -2.14. The summed E-state index contributed by atoms with van der Waals surface area (Å²) < 4.78 is 18.2. The zero-order valence-corrected chi connectivity index (χ0v) is 15.1. The first-order valence-electron chi connectivity index (χ1n) is 7.50. The van der Waals surface area contributed by atoms with Crippen molar-refractivity contribution in [3.63, 3.8) is 0 Å². The summed E-state index contributed by atoms with van der Waals surface area (Å²) in [7, 11) is 0. The van der Waals surface area contributed by atoms with E-state index in [1.807, 2.05) is 0 Å². The van der Waals surface area contributed by atoms with Crippen LogP contribution in [0.4, 0.5) is 4.39 Å². The molecule has 2 N–H and O–H groups in total. The van der Waals surface area contributed by atoms with Gasteiger partial charge in [-0.05, 0) is 55.0 Å². The largest absolute Gasteiger partial charge is 0.481 e. The summed E-state index contributed by atoms with van der Waals surface area (Å²) in [5, 5.41) is 0.880. The second-order valence-electron chi connectivity index (χ2n) is 5.19. The van der Waals surface area contributed by atoms with Crippen molar-refractivity contribution in [3.8, 4) is 5.75 Å². The van der Waals surface area contributed by atoms with Crippen LogP contribution in [0.3, 0.4) is 0 Å². The van der Waals surface area contributed by atoms with Crippen LogP contribution >= 0.6 is 23.2 Å². The fourth-order valence-corrected chi connectivity index (χ4v) is 2.31. The van der Waals surface area contributed by atoms with Crippen LogP contribution in [0, 0.1) is 5.82 Å². The zero-order valence-electron chi connectivity index (χ0n) is 13.6. The first-order chi connectivity index (χ1) is 12.3. The van der Waals surface area contributed by atoms with E-state index in [9.17, 15) is 14.0 Å². The van der Waals surface area contributed by atoms with Gasteiger partial charge in [-0.15, -0.1) is 0 Å². The fourth-order valence-electron chi connectivity index (χ4n) is 1.84. The predicted octanol–water partition coefficient (Wildman–Crippen LogP) is 3.76. The molecular weight excluding hydrogens is 382 g/mol. The molecule has 0 aliphatic carbocycles. The number of rotatable bonds is 5. The SMILES string of the molecule is C[C@H](Oc1ccc(F)cc1)C(=O)NNC(=O)/C=C/c1ccc(Cl)cc1Cl. The van der Waals surface area contributed by atoms with Crippen LogP contribution in [-0.4, -0.2) is 17.9 Å². The number of benzene rings is 2. The average molecular weight is 397 g/mol. The monoisotopic (exact) mass is 396 g/mol. The Balaban J connectivity index is 1.83. The molecule has 2 rings (SSSR count). The van der Waals surface area contributed by atoms with Crippen molar-refractivity contribution >= 4 is 41.1 Å². The Kier molecular flexibility index (Phi) is 7.00. The van der Waals surface area contributed by atoms with Gasteiger partial charge in [0.1, 0.15) is 11.6 Å². The molecule has 0 spiro atoms. The zero-order chi connectivity index (χ0) is 19.1. The molecule has 5 nitrogen and oxygen atoms in total. The fraction of sp³-hybridized carbons (Fsp3) is 0.111. The van der Waals surface area contributed by atoms with Gasteiger partial charge in [-0.1, -0.05) is 29.3 Å². The minimum Gasteiger partial charge on any atom is -0.481 e. The highest BCUT2D eigenvalue weighted by molar-refractivity contribution is 6.35. The third kappa shape index (κ3) is 6.06. The van der Waals surface area contributed by atoms with E-state index < -0.39 is 23.7 Å². The number of hydrazine groups is 1. The van der Waals surface area contributed by atoms with Crippen molar-refractivity contribution in [2.75, 3.05) is 0 Å². The van der Waals surface area contributed by atoms with Crippen LogP contribution in [0.25, 0.3) is 6.08 Å². The van der Waals surface area contributed by atoms with Gasteiger partial charge >= 0.3 is 0 Å². The van der Waals surface area contributed by atoms with E-state index in [1.165, 1.54) is 43.3 Å². The van der Waals surface area contributed by atoms with E-state index in [0.29, 0.717) is 21.4 Å². The van der Waals surface area contributed by atoms with Crippen LogP contribution in [0.5, 0.6) is 5.75 Å². The van der Waals surface area contributed by atoms with Gasteiger partial charge in [-0.25, -0.2) is 4.39 Å². The van der Waals surface area contributed by atoms with Gasteiger partial charge in [0.2, 0.25) is 0 Å². The molecule has 26 heavy (non-hydrogen) atoms. The van der Waals surface area contributed by atoms with Gasteiger partial charge in [-0.2, -0.15) is 0 Å². The summed E-state index contributed by atoms with van der Waals surface area (Å²) in [5.41, 5.74) is 5.06. The van der Waals surface area contributed by atoms with E-state index in [0.717, 1.165) is 0 Å². The van der Waals surface area contributed by atoms with Crippen molar-refractivity contribution in [1.82, 2.24) is 10.9 Å². The maximum atomic E-state index is 12.8. The lowest BCUT2D eigenvalue weighted by atomic mass is 10.2. The number of ether oxygens (including phenoxy) is 1. The Hall–Kier alpha value is -2.57. The van der Waals surface area contributed by atoms with Crippen molar-refractivity contribution < 1.29 is 18.7 Å². The van der Waals surface area contributed by atoms with E-state index in [1.54, 1.807) is 18.2 Å². The summed E-state index contributed by atoms with van der Waals surface area (Å²) in [5.74, 6) is -1.20. The molecular formula is C18H15Cl2FN2O3. The summed E-state index contributed by atoms with van der Waals surface area (Å²) in [4.78, 5) is 23.7. The molecule has 2 aromatic carbocycles. The maximum Gasteiger partial charge on any atom is 0.279 e. The standard InChI is InChI=1S/C18H15Cl2FN2O3/c1-11(26-15-7-5-14(21)6-8-15)18(25)23-22-17(24)9-3-12-2-4-13(19)10-16(12)20/h2-11H,1H3,(H,22,24)(H,23,25)/b9-3+/t11-/m0/s1. The highest BCUT2D eigenvalue weighted by Crippen LogP contribution is 2.21. The average Bonchev–Trinajstić information content (AvgIpc) is 2.60. The van der Waals surface area contributed by atoms with Crippen LogP contribution in [0.15, 0.2) is 48.5 Å². The van der Waals surface area contributed by atoms with Crippen LogP contribution < -0.4 is 15.6 Å². The van der Waals surface area contributed by atoms with Crippen LogP contribution in [0.2, 0.25) is 10.0 Å². The van der Waals surface area contributed by atoms with Gasteiger partial charge in [0.05, 0.1) is 0 Å². The summed E-state index contributed by atoms with van der Waals surface area (Å²) in [6, 6.07) is 10.1. The first kappa shape index (κ1) is 19.8. The first-order valence-corrected chi connectivity index (χ1v) is 8.26. The van der Waals surface area contributed by atoms with E-state index in [-0.39, 0.29) is 0 Å². The van der Waals surface area contributed by atoms with Crippen LogP contribution in [0.1, 0.15) is 12.5 Å². The van der Waals surface area contributed by atoms with E-state index in [4.69, 9.17) is 27.9 Å². The molecule has 0 unspecified atom stereocenters. The Morgan fingerprint density at radius 2 is 1.81 bits per heavy atom. The molecule has 0 radical (unpaired) electrons. The lowest BCUT2D eigenvalue weighted by Crippen LogP contribution is -2.46. The number of nitrogens with one attached hydrogen (secondary N) is 2.